The van der Waals surface area contributed by atoms with E-state index in [1.54, 1.807) is 0 Å². The molecule has 0 nitrogen and oxygen atoms in total. The van der Waals surface area contributed by atoms with Crippen molar-refractivity contribution in [2.24, 2.45) is 5.41 Å². The molecule has 144 valence electrons. The van der Waals surface area contributed by atoms with Gasteiger partial charge in [-0.25, -0.2) is 0 Å². The van der Waals surface area contributed by atoms with Gasteiger partial charge in [0.25, 0.3) is 0 Å². The molecule has 0 saturated carbocycles. The first kappa shape index (κ1) is 23.7. The van der Waals surface area contributed by atoms with Crippen LogP contribution in [0.25, 0.3) is 0 Å². The molecule has 0 aromatic carbocycles. The lowest BCUT2D eigenvalue weighted by Crippen LogP contribution is -2.12. The van der Waals surface area contributed by atoms with Gasteiger partial charge in [-0.05, 0) is 18.3 Å². The van der Waals surface area contributed by atoms with Gasteiger partial charge in [-0.3, -0.25) is 0 Å². The Kier molecular flexibility index (Phi) is 17.4. The van der Waals surface area contributed by atoms with Crippen LogP contribution in [-0.2, 0) is 0 Å². The minimum absolute atomic E-state index is 0.393. The van der Waals surface area contributed by atoms with Gasteiger partial charge in [0, 0.05) is 0 Å². The first-order valence-corrected chi connectivity index (χ1v) is 11.3. The average molecular weight is 337 g/mol. The summed E-state index contributed by atoms with van der Waals surface area (Å²) in [6.45, 7) is 11.2. The third-order valence-corrected chi connectivity index (χ3v) is 5.70. The van der Waals surface area contributed by atoms with Gasteiger partial charge in [0.1, 0.15) is 0 Å². The zero-order chi connectivity index (χ0) is 17.9. The summed E-state index contributed by atoms with van der Waals surface area (Å²) in [6, 6.07) is 0. The largest absolute Gasteiger partial charge is 0.103 e. The van der Waals surface area contributed by atoms with Crippen molar-refractivity contribution in [2.45, 2.75) is 136 Å². The summed E-state index contributed by atoms with van der Waals surface area (Å²) >= 11 is 0. The van der Waals surface area contributed by atoms with E-state index in [1.807, 2.05) is 0 Å². The van der Waals surface area contributed by atoms with Crippen LogP contribution in [0.5, 0.6) is 0 Å². The van der Waals surface area contributed by atoms with E-state index in [0.717, 1.165) is 0 Å². The fourth-order valence-corrected chi connectivity index (χ4v) is 3.65. The standard InChI is InChI=1S/C24H48/c1-5-8-10-12-14-16-18-20-22-24(4,7-3)23-21-19-17-15-13-11-9-6-2/h7H,3,5-6,8-23H2,1-2,4H3. The number of hydrogen-bond acceptors (Lipinski definition) is 0. The molecule has 0 aromatic rings. The third-order valence-electron chi connectivity index (χ3n) is 5.70. The van der Waals surface area contributed by atoms with Crippen molar-refractivity contribution in [3.05, 3.63) is 12.7 Å². The highest BCUT2D eigenvalue weighted by atomic mass is 14.2. The van der Waals surface area contributed by atoms with Gasteiger partial charge in [0.15, 0.2) is 0 Å². The molecule has 0 radical (unpaired) electrons. The third kappa shape index (κ3) is 15.3. The van der Waals surface area contributed by atoms with Crippen LogP contribution in [0.1, 0.15) is 136 Å². The second-order valence-electron chi connectivity index (χ2n) is 8.31. The summed E-state index contributed by atoms with van der Waals surface area (Å²) in [4.78, 5) is 0. The Hall–Kier alpha value is -0.260. The topological polar surface area (TPSA) is 0 Å². The van der Waals surface area contributed by atoms with Gasteiger partial charge in [0.2, 0.25) is 0 Å². The van der Waals surface area contributed by atoms with Gasteiger partial charge < -0.3 is 0 Å². The van der Waals surface area contributed by atoms with E-state index in [4.69, 9.17) is 0 Å². The number of allylic oxidation sites excluding steroid dienone is 1. The van der Waals surface area contributed by atoms with Crippen molar-refractivity contribution in [1.82, 2.24) is 0 Å². The molecule has 0 heteroatoms. The molecule has 0 heterocycles. The maximum absolute atomic E-state index is 4.13. The van der Waals surface area contributed by atoms with Gasteiger partial charge in [-0.2, -0.15) is 0 Å². The molecule has 0 unspecified atom stereocenters. The number of hydrogen-bond donors (Lipinski definition) is 0. The van der Waals surface area contributed by atoms with Crippen LogP contribution in [0, 0.1) is 5.41 Å². The first-order valence-electron chi connectivity index (χ1n) is 11.3. The SMILES string of the molecule is C=CC(C)(CCCCCCCCCC)CCCCCCCCCC. The molecular weight excluding hydrogens is 288 g/mol. The highest BCUT2D eigenvalue weighted by Gasteiger charge is 2.18. The van der Waals surface area contributed by atoms with Gasteiger partial charge >= 0.3 is 0 Å². The smallest absolute Gasteiger partial charge is 0.0149 e. The normalized spacial score (nSPS) is 11.8. The second-order valence-corrected chi connectivity index (χ2v) is 8.31. The Bertz CT molecular complexity index is 233. The van der Waals surface area contributed by atoms with Crippen LogP contribution >= 0.6 is 0 Å². The summed E-state index contributed by atoms with van der Waals surface area (Å²) in [7, 11) is 0. The first-order chi connectivity index (χ1) is 11.7. The molecule has 0 aliphatic carbocycles. The predicted octanol–water partition coefficient (Wildman–Crippen LogP) is 9.24. The molecule has 24 heavy (non-hydrogen) atoms. The Morgan fingerprint density at radius 3 is 1.12 bits per heavy atom. The lowest BCUT2D eigenvalue weighted by Gasteiger charge is -2.26. The molecule has 0 saturated heterocycles. The molecule has 0 aliphatic rings. The lowest BCUT2D eigenvalue weighted by molar-refractivity contribution is 0.328. The summed E-state index contributed by atoms with van der Waals surface area (Å²) in [5.41, 5.74) is 0.393. The van der Waals surface area contributed by atoms with Crippen LogP contribution in [0.4, 0.5) is 0 Å². The maximum atomic E-state index is 4.13. The number of rotatable bonds is 19. The van der Waals surface area contributed by atoms with E-state index in [2.05, 4.69) is 33.4 Å². The van der Waals surface area contributed by atoms with E-state index in [-0.39, 0.29) is 0 Å². The molecule has 0 amide bonds. The summed E-state index contributed by atoms with van der Waals surface area (Å²) in [5.74, 6) is 0. The minimum atomic E-state index is 0.393. The molecule has 0 atom stereocenters. The average Bonchev–Trinajstić information content (AvgIpc) is 2.59. The summed E-state index contributed by atoms with van der Waals surface area (Å²) < 4.78 is 0. The zero-order valence-corrected chi connectivity index (χ0v) is 17.5. The van der Waals surface area contributed by atoms with Crippen LogP contribution in [0.3, 0.4) is 0 Å². The van der Waals surface area contributed by atoms with Crippen LogP contribution < -0.4 is 0 Å². The van der Waals surface area contributed by atoms with Crippen LogP contribution in [0.2, 0.25) is 0 Å². The van der Waals surface area contributed by atoms with E-state index in [0.29, 0.717) is 5.41 Å². The molecule has 0 rings (SSSR count). The van der Waals surface area contributed by atoms with Crippen molar-refractivity contribution in [1.29, 1.82) is 0 Å². The minimum Gasteiger partial charge on any atom is -0.103 e. The van der Waals surface area contributed by atoms with Gasteiger partial charge in [0.05, 0.1) is 0 Å². The molecule has 0 N–H and O–H groups in total. The molecule has 0 bridgehead atoms. The van der Waals surface area contributed by atoms with Crippen molar-refractivity contribution in [3.8, 4) is 0 Å². The molecule has 0 spiro atoms. The Balaban J connectivity index is 3.53. The van der Waals surface area contributed by atoms with Crippen LogP contribution in [0.15, 0.2) is 12.7 Å². The maximum Gasteiger partial charge on any atom is -0.0149 e. The van der Waals surface area contributed by atoms with E-state index in [1.165, 1.54) is 116 Å². The monoisotopic (exact) mass is 336 g/mol. The highest BCUT2D eigenvalue weighted by molar-refractivity contribution is 4.91. The Morgan fingerprint density at radius 1 is 0.542 bits per heavy atom. The fraction of sp³-hybridized carbons (Fsp3) is 0.917. The fourth-order valence-electron chi connectivity index (χ4n) is 3.65. The zero-order valence-electron chi connectivity index (χ0n) is 17.5. The van der Waals surface area contributed by atoms with Crippen LogP contribution in [-0.4, -0.2) is 0 Å². The van der Waals surface area contributed by atoms with Crippen molar-refractivity contribution < 1.29 is 0 Å². The molecule has 0 aromatic heterocycles. The number of unbranched alkanes of at least 4 members (excludes halogenated alkanes) is 14. The lowest BCUT2D eigenvalue weighted by atomic mass is 9.80. The Morgan fingerprint density at radius 2 is 0.833 bits per heavy atom. The van der Waals surface area contributed by atoms with Gasteiger partial charge in [-0.15, -0.1) is 6.58 Å². The predicted molar refractivity (Wildman–Crippen MR) is 113 cm³/mol. The van der Waals surface area contributed by atoms with Gasteiger partial charge in [-0.1, -0.05) is 130 Å². The molecule has 0 aliphatic heterocycles. The quantitative estimate of drug-likeness (QED) is 0.163. The second kappa shape index (κ2) is 17.6. The van der Waals surface area contributed by atoms with E-state index < -0.39 is 0 Å². The highest BCUT2D eigenvalue weighted by Crippen LogP contribution is 2.32. The van der Waals surface area contributed by atoms with Crippen molar-refractivity contribution in [2.75, 3.05) is 0 Å². The molecular formula is C24H48. The molecule has 0 fully saturated rings. The van der Waals surface area contributed by atoms with E-state index in [9.17, 15) is 0 Å². The summed E-state index contributed by atoms with van der Waals surface area (Å²) in [6.07, 6.45) is 27.7. The van der Waals surface area contributed by atoms with Crippen molar-refractivity contribution >= 4 is 0 Å². The Labute approximate surface area is 154 Å². The van der Waals surface area contributed by atoms with E-state index >= 15 is 0 Å². The summed E-state index contributed by atoms with van der Waals surface area (Å²) in [5, 5.41) is 0. The van der Waals surface area contributed by atoms with Crippen molar-refractivity contribution in [3.63, 3.8) is 0 Å².